The maximum absolute atomic E-state index is 11.8. The number of methoxy groups -OCH3 is 2. The number of carbonyl (C=O) groups excluding carboxylic acids is 1. The van der Waals surface area contributed by atoms with Gasteiger partial charge in [0.2, 0.25) is 0 Å². The molecule has 21 heavy (non-hydrogen) atoms. The third-order valence-electron chi connectivity index (χ3n) is 2.96. The third-order valence-corrected chi connectivity index (χ3v) is 3.74. The van der Waals surface area contributed by atoms with E-state index in [1.165, 1.54) is 11.3 Å². The van der Waals surface area contributed by atoms with Crippen LogP contribution >= 0.6 is 11.3 Å². The maximum Gasteiger partial charge on any atom is 0.319 e. The van der Waals surface area contributed by atoms with Crippen molar-refractivity contribution in [1.29, 1.82) is 0 Å². The van der Waals surface area contributed by atoms with E-state index in [-0.39, 0.29) is 12.1 Å². The zero-order valence-corrected chi connectivity index (χ0v) is 12.8. The number of hydrogen-bond acceptors (Lipinski definition) is 4. The summed E-state index contributed by atoms with van der Waals surface area (Å²) in [6, 6.07) is 11.1. The zero-order valence-electron chi connectivity index (χ0n) is 12.0. The van der Waals surface area contributed by atoms with Crippen molar-refractivity contribution in [1.82, 2.24) is 5.32 Å². The molecule has 0 saturated heterocycles. The Kier molecular flexibility index (Phi) is 5.59. The fourth-order valence-corrected chi connectivity index (χ4v) is 2.48. The second-order valence-electron chi connectivity index (χ2n) is 4.31. The molecule has 0 aliphatic heterocycles. The van der Waals surface area contributed by atoms with Crippen molar-refractivity contribution in [2.24, 2.45) is 0 Å². The van der Waals surface area contributed by atoms with Crippen LogP contribution < -0.4 is 15.4 Å². The molecule has 5 nitrogen and oxygen atoms in total. The normalized spacial score (nSPS) is 11.7. The molecular weight excluding hydrogens is 288 g/mol. The van der Waals surface area contributed by atoms with Gasteiger partial charge in [0, 0.05) is 13.7 Å². The Bertz CT molecular complexity index is 572. The molecule has 1 aromatic carbocycles. The second kappa shape index (κ2) is 7.66. The van der Waals surface area contributed by atoms with Crippen molar-refractivity contribution < 1.29 is 14.3 Å². The number of amides is 2. The van der Waals surface area contributed by atoms with Gasteiger partial charge in [-0.15, -0.1) is 11.3 Å². The van der Waals surface area contributed by atoms with Gasteiger partial charge in [0.15, 0.2) is 0 Å². The Morgan fingerprint density at radius 1 is 1.29 bits per heavy atom. The number of carbonyl (C=O) groups is 1. The lowest BCUT2D eigenvalue weighted by Crippen LogP contribution is -2.32. The first-order chi connectivity index (χ1) is 10.2. The van der Waals surface area contributed by atoms with Crippen molar-refractivity contribution in [3.63, 3.8) is 0 Å². The molecule has 0 bridgehead atoms. The highest BCUT2D eigenvalue weighted by Gasteiger charge is 2.13. The summed E-state index contributed by atoms with van der Waals surface area (Å²) in [5.74, 6) is 0.762. The standard InChI is InChI=1S/C15H18N2O3S/c1-19-12-6-3-5-11(9-12)13(20-2)10-16-15(18)17-14-7-4-8-21-14/h3-9,13H,10H2,1-2H3,(H2,16,17,18)/t13-/m0/s1. The fraction of sp³-hybridized carbons (Fsp3) is 0.267. The second-order valence-corrected chi connectivity index (χ2v) is 5.26. The quantitative estimate of drug-likeness (QED) is 0.861. The van der Waals surface area contributed by atoms with Crippen molar-refractivity contribution in [2.45, 2.75) is 6.10 Å². The van der Waals surface area contributed by atoms with Crippen LogP contribution in [-0.2, 0) is 4.74 Å². The number of benzene rings is 1. The summed E-state index contributed by atoms with van der Waals surface area (Å²) >= 11 is 1.47. The minimum atomic E-state index is -0.248. The van der Waals surface area contributed by atoms with Crippen LogP contribution in [0.1, 0.15) is 11.7 Å². The molecule has 1 atom stereocenters. The molecule has 2 aromatic rings. The Morgan fingerprint density at radius 3 is 2.81 bits per heavy atom. The van der Waals surface area contributed by atoms with Gasteiger partial charge < -0.3 is 14.8 Å². The van der Waals surface area contributed by atoms with Gasteiger partial charge in [0.25, 0.3) is 0 Å². The topological polar surface area (TPSA) is 59.6 Å². The van der Waals surface area contributed by atoms with E-state index < -0.39 is 0 Å². The predicted molar refractivity (Wildman–Crippen MR) is 84.1 cm³/mol. The van der Waals surface area contributed by atoms with E-state index in [0.29, 0.717) is 6.54 Å². The first-order valence-electron chi connectivity index (χ1n) is 6.48. The van der Waals surface area contributed by atoms with Crippen LogP contribution in [0.25, 0.3) is 0 Å². The van der Waals surface area contributed by atoms with E-state index >= 15 is 0 Å². The van der Waals surface area contributed by atoms with Crippen LogP contribution in [0.2, 0.25) is 0 Å². The van der Waals surface area contributed by atoms with Gasteiger partial charge in [-0.05, 0) is 35.2 Å². The van der Waals surface area contributed by atoms with Crippen molar-refractivity contribution in [2.75, 3.05) is 26.1 Å². The molecule has 1 aromatic heterocycles. The van der Waals surface area contributed by atoms with Gasteiger partial charge in [0.05, 0.1) is 18.2 Å². The van der Waals surface area contributed by atoms with Crippen LogP contribution in [0.3, 0.4) is 0 Å². The minimum absolute atomic E-state index is 0.228. The summed E-state index contributed by atoms with van der Waals surface area (Å²) in [6.07, 6.45) is -0.228. The molecule has 0 saturated carbocycles. The number of hydrogen-bond donors (Lipinski definition) is 2. The molecule has 2 rings (SSSR count). The molecule has 2 amide bonds. The number of ether oxygens (including phenoxy) is 2. The van der Waals surface area contributed by atoms with E-state index in [0.717, 1.165) is 16.3 Å². The number of urea groups is 1. The summed E-state index contributed by atoms with van der Waals surface area (Å²) in [5.41, 5.74) is 0.952. The Labute approximate surface area is 127 Å². The highest BCUT2D eigenvalue weighted by molar-refractivity contribution is 7.14. The van der Waals surface area contributed by atoms with E-state index in [1.807, 2.05) is 41.8 Å². The van der Waals surface area contributed by atoms with E-state index in [4.69, 9.17) is 9.47 Å². The van der Waals surface area contributed by atoms with Gasteiger partial charge in [0.1, 0.15) is 5.75 Å². The molecular formula is C15H18N2O3S. The summed E-state index contributed by atoms with van der Waals surface area (Å²) in [6.45, 7) is 0.376. The van der Waals surface area contributed by atoms with Crippen LogP contribution in [0.15, 0.2) is 41.8 Å². The lowest BCUT2D eigenvalue weighted by Gasteiger charge is -2.17. The Hall–Kier alpha value is -2.05. The van der Waals surface area contributed by atoms with Crippen LogP contribution in [0, 0.1) is 0 Å². The number of anilines is 1. The smallest absolute Gasteiger partial charge is 0.319 e. The molecule has 0 spiro atoms. The molecule has 112 valence electrons. The summed E-state index contributed by atoms with van der Waals surface area (Å²) in [7, 11) is 3.23. The number of rotatable bonds is 6. The predicted octanol–water partition coefficient (Wildman–Crippen LogP) is 3.27. The van der Waals surface area contributed by atoms with Gasteiger partial charge >= 0.3 is 6.03 Å². The lowest BCUT2D eigenvalue weighted by atomic mass is 10.1. The van der Waals surface area contributed by atoms with E-state index in [9.17, 15) is 4.79 Å². The molecule has 0 radical (unpaired) electrons. The minimum Gasteiger partial charge on any atom is -0.497 e. The third kappa shape index (κ3) is 4.47. The Morgan fingerprint density at radius 2 is 2.14 bits per heavy atom. The summed E-state index contributed by atoms with van der Waals surface area (Å²) < 4.78 is 10.6. The van der Waals surface area contributed by atoms with E-state index in [1.54, 1.807) is 14.2 Å². The molecule has 0 fully saturated rings. The average molecular weight is 306 g/mol. The summed E-state index contributed by atoms with van der Waals surface area (Å²) in [4.78, 5) is 11.8. The van der Waals surface area contributed by atoms with Crippen molar-refractivity contribution in [3.05, 3.63) is 47.3 Å². The average Bonchev–Trinajstić information content (AvgIpc) is 3.01. The highest BCUT2D eigenvalue weighted by Crippen LogP contribution is 2.21. The Balaban J connectivity index is 1.91. The SMILES string of the molecule is COc1cccc([C@H](CNC(=O)Nc2cccs2)OC)c1. The largest absolute Gasteiger partial charge is 0.497 e. The van der Waals surface area contributed by atoms with Gasteiger partial charge in [-0.25, -0.2) is 4.79 Å². The number of nitrogens with one attached hydrogen (secondary N) is 2. The highest BCUT2D eigenvalue weighted by atomic mass is 32.1. The number of thiophene rings is 1. The first kappa shape index (κ1) is 15.3. The van der Waals surface area contributed by atoms with Crippen molar-refractivity contribution >= 4 is 22.4 Å². The van der Waals surface area contributed by atoms with Crippen LogP contribution in [-0.4, -0.2) is 26.8 Å². The molecule has 2 N–H and O–H groups in total. The van der Waals surface area contributed by atoms with Gasteiger partial charge in [-0.1, -0.05) is 12.1 Å². The maximum atomic E-state index is 11.8. The van der Waals surface area contributed by atoms with Crippen LogP contribution in [0.5, 0.6) is 5.75 Å². The summed E-state index contributed by atoms with van der Waals surface area (Å²) in [5, 5.41) is 8.28. The zero-order chi connectivity index (χ0) is 15.1. The van der Waals surface area contributed by atoms with Crippen molar-refractivity contribution in [3.8, 4) is 5.75 Å². The molecule has 0 unspecified atom stereocenters. The van der Waals surface area contributed by atoms with E-state index in [2.05, 4.69) is 10.6 Å². The van der Waals surface area contributed by atoms with Crippen LogP contribution in [0.4, 0.5) is 9.80 Å². The monoisotopic (exact) mass is 306 g/mol. The first-order valence-corrected chi connectivity index (χ1v) is 7.36. The van der Waals surface area contributed by atoms with Gasteiger partial charge in [-0.2, -0.15) is 0 Å². The molecule has 6 heteroatoms. The lowest BCUT2D eigenvalue weighted by molar-refractivity contribution is 0.104. The molecule has 0 aliphatic carbocycles. The molecule has 0 aliphatic rings. The van der Waals surface area contributed by atoms with Gasteiger partial charge in [-0.3, -0.25) is 5.32 Å². The fourth-order valence-electron chi connectivity index (χ4n) is 1.87. The molecule has 1 heterocycles.